The smallest absolute Gasteiger partial charge is 0.261 e. The molecule has 0 aliphatic carbocycles. The number of benzene rings is 2. The molecule has 0 fully saturated rings. The summed E-state index contributed by atoms with van der Waals surface area (Å²) in [6.07, 6.45) is 1.81. The Morgan fingerprint density at radius 1 is 1.03 bits per heavy atom. The van der Waals surface area contributed by atoms with Crippen LogP contribution < -0.4 is 19.5 Å². The van der Waals surface area contributed by atoms with E-state index >= 15 is 0 Å². The highest BCUT2D eigenvalue weighted by Gasteiger charge is 2.27. The fourth-order valence-corrected chi connectivity index (χ4v) is 3.51. The molecule has 180 valence electrons. The van der Waals surface area contributed by atoms with Gasteiger partial charge in [-0.15, -0.1) is 0 Å². The molecule has 0 radical (unpaired) electrons. The van der Waals surface area contributed by atoms with E-state index in [1.807, 2.05) is 6.92 Å². The molecule has 0 aliphatic heterocycles. The van der Waals surface area contributed by atoms with Crippen LogP contribution in [0.2, 0.25) is 10.0 Å². The minimum Gasteiger partial charge on any atom is -0.496 e. The van der Waals surface area contributed by atoms with Crippen LogP contribution in [0, 0.1) is 0 Å². The zero-order valence-electron chi connectivity index (χ0n) is 19.3. The van der Waals surface area contributed by atoms with Crippen LogP contribution in [0.15, 0.2) is 36.4 Å². The summed E-state index contributed by atoms with van der Waals surface area (Å²) in [7, 11) is 3.06. The molecule has 0 bridgehead atoms. The van der Waals surface area contributed by atoms with Crippen LogP contribution in [0.4, 0.5) is 0 Å². The zero-order valence-corrected chi connectivity index (χ0v) is 20.8. The van der Waals surface area contributed by atoms with Crippen molar-refractivity contribution in [3.8, 4) is 17.2 Å². The van der Waals surface area contributed by atoms with Crippen LogP contribution in [0.25, 0.3) is 0 Å². The summed E-state index contributed by atoms with van der Waals surface area (Å²) < 4.78 is 16.2. The Morgan fingerprint density at radius 3 is 2.24 bits per heavy atom. The van der Waals surface area contributed by atoms with Crippen molar-refractivity contribution in [1.82, 2.24) is 10.2 Å². The Morgan fingerprint density at radius 2 is 1.67 bits per heavy atom. The van der Waals surface area contributed by atoms with Crippen LogP contribution in [-0.2, 0) is 16.1 Å². The van der Waals surface area contributed by atoms with Crippen LogP contribution >= 0.6 is 23.2 Å². The van der Waals surface area contributed by atoms with Gasteiger partial charge in [-0.05, 0) is 31.0 Å². The van der Waals surface area contributed by atoms with E-state index in [1.54, 1.807) is 43.3 Å². The Hall–Kier alpha value is -2.64. The van der Waals surface area contributed by atoms with Crippen LogP contribution in [0.3, 0.4) is 0 Å². The molecule has 0 saturated heterocycles. The molecule has 33 heavy (non-hydrogen) atoms. The number of hydrogen-bond donors (Lipinski definition) is 1. The first-order valence-electron chi connectivity index (χ1n) is 10.7. The third-order valence-corrected chi connectivity index (χ3v) is 5.63. The quantitative estimate of drug-likeness (QED) is 0.430. The van der Waals surface area contributed by atoms with Gasteiger partial charge in [-0.1, -0.05) is 42.6 Å². The SMILES string of the molecule is CCCCNC(=O)C(C)N(Cc1ccc(Cl)cc1Cl)C(=O)COc1cc(OC)cc(OC)c1. The van der Waals surface area contributed by atoms with Crippen molar-refractivity contribution in [3.63, 3.8) is 0 Å². The molecule has 0 spiro atoms. The Bertz CT molecular complexity index is 932. The number of amides is 2. The first kappa shape index (κ1) is 26.6. The van der Waals surface area contributed by atoms with Crippen molar-refractivity contribution in [2.75, 3.05) is 27.4 Å². The topological polar surface area (TPSA) is 77.1 Å². The third kappa shape index (κ3) is 8.02. The van der Waals surface area contributed by atoms with Crippen molar-refractivity contribution in [2.45, 2.75) is 39.3 Å². The number of carbonyl (C=O) groups is 2. The fraction of sp³-hybridized carbons (Fsp3) is 0.417. The van der Waals surface area contributed by atoms with Crippen molar-refractivity contribution in [1.29, 1.82) is 0 Å². The number of methoxy groups -OCH3 is 2. The largest absolute Gasteiger partial charge is 0.496 e. The van der Waals surface area contributed by atoms with Crippen molar-refractivity contribution >= 4 is 35.0 Å². The van der Waals surface area contributed by atoms with E-state index in [9.17, 15) is 9.59 Å². The molecule has 0 aliphatic rings. The first-order chi connectivity index (χ1) is 15.8. The minimum absolute atomic E-state index is 0.127. The summed E-state index contributed by atoms with van der Waals surface area (Å²) in [6.45, 7) is 4.11. The van der Waals surface area contributed by atoms with E-state index in [-0.39, 0.29) is 25.0 Å². The summed E-state index contributed by atoms with van der Waals surface area (Å²) in [5, 5.41) is 3.77. The monoisotopic (exact) mass is 496 g/mol. The average molecular weight is 497 g/mol. The predicted octanol–water partition coefficient (Wildman–Crippen LogP) is 4.72. The summed E-state index contributed by atoms with van der Waals surface area (Å²) in [5.74, 6) is 0.852. The molecule has 1 N–H and O–H groups in total. The van der Waals surface area contributed by atoms with Gasteiger partial charge in [0.1, 0.15) is 23.3 Å². The second-order valence-electron chi connectivity index (χ2n) is 7.41. The summed E-state index contributed by atoms with van der Waals surface area (Å²) in [6, 6.07) is 9.30. The number of nitrogens with one attached hydrogen (secondary N) is 1. The maximum absolute atomic E-state index is 13.2. The summed E-state index contributed by atoms with van der Waals surface area (Å²) in [4.78, 5) is 27.3. The maximum atomic E-state index is 13.2. The molecule has 2 aromatic rings. The molecule has 2 amide bonds. The number of nitrogens with zero attached hydrogens (tertiary/aromatic N) is 1. The number of hydrogen-bond acceptors (Lipinski definition) is 5. The predicted molar refractivity (Wildman–Crippen MR) is 129 cm³/mol. The van der Waals surface area contributed by atoms with Gasteiger partial charge in [-0.3, -0.25) is 9.59 Å². The Labute approximate surface area is 204 Å². The van der Waals surface area contributed by atoms with E-state index < -0.39 is 6.04 Å². The highest BCUT2D eigenvalue weighted by atomic mass is 35.5. The molecular weight excluding hydrogens is 467 g/mol. The van der Waals surface area contributed by atoms with Crippen LogP contribution in [-0.4, -0.2) is 50.1 Å². The maximum Gasteiger partial charge on any atom is 0.261 e. The normalized spacial score (nSPS) is 11.5. The molecule has 1 unspecified atom stereocenters. The van der Waals surface area contributed by atoms with E-state index in [0.717, 1.165) is 12.8 Å². The highest BCUT2D eigenvalue weighted by molar-refractivity contribution is 6.35. The summed E-state index contributed by atoms with van der Waals surface area (Å²) >= 11 is 12.3. The van der Waals surface area contributed by atoms with Gasteiger partial charge in [0.2, 0.25) is 5.91 Å². The lowest BCUT2D eigenvalue weighted by Gasteiger charge is -2.29. The van der Waals surface area contributed by atoms with E-state index in [4.69, 9.17) is 37.4 Å². The van der Waals surface area contributed by atoms with Crippen molar-refractivity contribution < 1.29 is 23.8 Å². The van der Waals surface area contributed by atoms with Gasteiger partial charge in [0.05, 0.1) is 14.2 Å². The van der Waals surface area contributed by atoms with Gasteiger partial charge in [-0.2, -0.15) is 0 Å². The Balaban J connectivity index is 2.20. The molecule has 2 aromatic carbocycles. The van der Waals surface area contributed by atoms with Crippen LogP contribution in [0.5, 0.6) is 17.2 Å². The van der Waals surface area contributed by atoms with Gasteiger partial charge in [-0.25, -0.2) is 0 Å². The minimum atomic E-state index is -0.732. The molecular formula is C24H30Cl2N2O5. The molecule has 7 nitrogen and oxygen atoms in total. The lowest BCUT2D eigenvalue weighted by atomic mass is 10.1. The molecule has 0 aromatic heterocycles. The second-order valence-corrected chi connectivity index (χ2v) is 8.26. The number of ether oxygens (including phenoxy) is 3. The lowest BCUT2D eigenvalue weighted by molar-refractivity contribution is -0.142. The van der Waals surface area contributed by atoms with Crippen molar-refractivity contribution in [3.05, 3.63) is 52.0 Å². The zero-order chi connectivity index (χ0) is 24.4. The fourth-order valence-electron chi connectivity index (χ4n) is 3.04. The van der Waals surface area contributed by atoms with Gasteiger partial charge >= 0.3 is 0 Å². The number of halogens is 2. The number of rotatable bonds is 12. The van der Waals surface area contributed by atoms with Gasteiger partial charge in [0.25, 0.3) is 5.91 Å². The van der Waals surface area contributed by atoms with E-state index in [2.05, 4.69) is 5.32 Å². The highest BCUT2D eigenvalue weighted by Crippen LogP contribution is 2.28. The first-order valence-corrected chi connectivity index (χ1v) is 11.4. The number of carbonyl (C=O) groups excluding carboxylic acids is 2. The van der Waals surface area contributed by atoms with E-state index in [1.165, 1.54) is 19.1 Å². The average Bonchev–Trinajstić information content (AvgIpc) is 2.81. The molecule has 0 heterocycles. The third-order valence-electron chi connectivity index (χ3n) is 5.04. The van der Waals surface area contributed by atoms with Gasteiger partial charge in [0, 0.05) is 41.3 Å². The second kappa shape index (κ2) is 13.2. The van der Waals surface area contributed by atoms with Crippen molar-refractivity contribution in [2.24, 2.45) is 0 Å². The molecule has 1 atom stereocenters. The summed E-state index contributed by atoms with van der Waals surface area (Å²) in [5.41, 5.74) is 0.672. The standard InChI is InChI=1S/C24H30Cl2N2O5/c1-5-6-9-27-24(30)16(2)28(14-17-7-8-18(25)10-22(17)26)23(29)15-33-21-12-19(31-3)11-20(13-21)32-4/h7-8,10-13,16H,5-6,9,14-15H2,1-4H3,(H,27,30). The Kier molecular flexibility index (Phi) is 10.6. The van der Waals surface area contributed by atoms with E-state index in [0.29, 0.717) is 39.4 Å². The number of unbranched alkanes of at least 4 members (excludes halogenated alkanes) is 1. The molecule has 0 saturated carbocycles. The van der Waals surface area contributed by atoms with Gasteiger partial charge in [0.15, 0.2) is 6.61 Å². The molecule has 9 heteroatoms. The lowest BCUT2D eigenvalue weighted by Crippen LogP contribution is -2.49. The molecule has 2 rings (SSSR count). The van der Waals surface area contributed by atoms with Gasteiger partial charge < -0.3 is 24.4 Å². The van der Waals surface area contributed by atoms with Crippen LogP contribution in [0.1, 0.15) is 32.3 Å².